The Hall–Kier alpha value is -3.63. The van der Waals surface area contributed by atoms with Crippen LogP contribution >= 0.6 is 11.6 Å². The van der Waals surface area contributed by atoms with Crippen molar-refractivity contribution in [2.45, 2.75) is 46.6 Å². The molecule has 0 unspecified atom stereocenters. The van der Waals surface area contributed by atoms with Crippen LogP contribution < -0.4 is 10.3 Å². The Kier molecular flexibility index (Phi) is 8.45. The summed E-state index contributed by atoms with van der Waals surface area (Å²) in [5.41, 5.74) is -0.830. The molecule has 11 heteroatoms. The third-order valence-electron chi connectivity index (χ3n) is 5.39. The number of pyridine rings is 2. The van der Waals surface area contributed by atoms with Gasteiger partial charge < -0.3 is 14.4 Å². The number of halogens is 4. The van der Waals surface area contributed by atoms with Crippen molar-refractivity contribution >= 4 is 23.5 Å². The molecular formula is C26H26ClF3N4O3. The molecule has 0 atom stereocenters. The Morgan fingerprint density at radius 2 is 2.05 bits per heavy atom. The Balaban J connectivity index is 1.89. The SMILES string of the molecule is C=C(F)/C(=C(/C)C=NCn1ccc(C(C)(C)O)c1)n1c(C)cc(OCc2ncc(F)cc2F)c(Cl)c1=O. The Bertz CT molecular complexity index is 1450. The van der Waals surface area contributed by atoms with E-state index in [1.54, 1.807) is 43.8 Å². The van der Waals surface area contributed by atoms with Gasteiger partial charge in [0.15, 0.2) is 5.82 Å². The largest absolute Gasteiger partial charge is 0.485 e. The van der Waals surface area contributed by atoms with Crippen molar-refractivity contribution in [1.82, 2.24) is 14.1 Å². The van der Waals surface area contributed by atoms with Crippen LogP contribution in [0.2, 0.25) is 5.02 Å². The molecule has 3 rings (SSSR count). The lowest BCUT2D eigenvalue weighted by atomic mass is 10.0. The first-order valence-electron chi connectivity index (χ1n) is 11.1. The lowest BCUT2D eigenvalue weighted by Gasteiger charge is -2.17. The molecule has 3 aromatic heterocycles. The maximum atomic E-state index is 14.6. The van der Waals surface area contributed by atoms with Gasteiger partial charge in [-0.25, -0.2) is 13.2 Å². The molecule has 196 valence electrons. The summed E-state index contributed by atoms with van der Waals surface area (Å²) in [5, 5.41) is 9.72. The van der Waals surface area contributed by atoms with Gasteiger partial charge in [0.1, 0.15) is 41.4 Å². The van der Waals surface area contributed by atoms with Crippen molar-refractivity contribution in [2.24, 2.45) is 4.99 Å². The van der Waals surface area contributed by atoms with Crippen molar-refractivity contribution < 1.29 is 23.0 Å². The number of aryl methyl sites for hydroxylation is 1. The first-order valence-corrected chi connectivity index (χ1v) is 11.5. The summed E-state index contributed by atoms with van der Waals surface area (Å²) in [6, 6.07) is 3.81. The van der Waals surface area contributed by atoms with Crippen LogP contribution in [0.3, 0.4) is 0 Å². The van der Waals surface area contributed by atoms with Crippen LogP contribution in [-0.2, 0) is 18.9 Å². The fraction of sp³-hybridized carbons (Fsp3) is 0.269. The summed E-state index contributed by atoms with van der Waals surface area (Å²) in [4.78, 5) is 21.0. The van der Waals surface area contributed by atoms with Crippen LogP contribution in [0.4, 0.5) is 13.2 Å². The number of aliphatic imine (C=N–C) groups is 1. The molecule has 1 N–H and O–H groups in total. The Morgan fingerprint density at radius 3 is 2.65 bits per heavy atom. The minimum Gasteiger partial charge on any atom is -0.485 e. The predicted octanol–water partition coefficient (Wildman–Crippen LogP) is 5.53. The van der Waals surface area contributed by atoms with Crippen LogP contribution in [0.25, 0.3) is 5.70 Å². The van der Waals surface area contributed by atoms with Crippen LogP contribution in [0.5, 0.6) is 5.75 Å². The van der Waals surface area contributed by atoms with Gasteiger partial charge in [-0.2, -0.15) is 0 Å². The van der Waals surface area contributed by atoms with Gasteiger partial charge in [-0.1, -0.05) is 18.2 Å². The summed E-state index contributed by atoms with van der Waals surface area (Å²) >= 11 is 6.21. The molecule has 0 aliphatic heterocycles. The number of aliphatic hydroxyl groups is 1. The van der Waals surface area contributed by atoms with Gasteiger partial charge in [0.25, 0.3) is 5.56 Å². The normalized spacial score (nSPS) is 12.7. The molecule has 0 bridgehead atoms. The molecule has 0 aromatic carbocycles. The number of nitrogens with zero attached hydrogens (tertiary/aromatic N) is 4. The van der Waals surface area contributed by atoms with E-state index in [0.717, 1.165) is 10.8 Å². The molecular weight excluding hydrogens is 509 g/mol. The summed E-state index contributed by atoms with van der Waals surface area (Å²) in [6.45, 7) is 9.56. The van der Waals surface area contributed by atoms with Crippen molar-refractivity contribution in [1.29, 1.82) is 0 Å². The van der Waals surface area contributed by atoms with E-state index in [9.17, 15) is 23.1 Å². The molecule has 3 aromatic rings. The molecule has 37 heavy (non-hydrogen) atoms. The van der Waals surface area contributed by atoms with Crippen LogP contribution in [-0.4, -0.2) is 25.4 Å². The quantitative estimate of drug-likeness (QED) is 0.289. The van der Waals surface area contributed by atoms with Crippen LogP contribution in [0.1, 0.15) is 37.7 Å². The van der Waals surface area contributed by atoms with Crippen molar-refractivity contribution in [3.05, 3.63) is 98.7 Å². The van der Waals surface area contributed by atoms with Gasteiger partial charge in [0, 0.05) is 42.0 Å². The Labute approximate surface area is 216 Å². The van der Waals surface area contributed by atoms with Gasteiger partial charge in [0.05, 0.1) is 17.5 Å². The molecule has 0 aliphatic carbocycles. The van der Waals surface area contributed by atoms with E-state index in [-0.39, 0.29) is 34.5 Å². The summed E-state index contributed by atoms with van der Waals surface area (Å²) < 4.78 is 49.7. The highest BCUT2D eigenvalue weighted by molar-refractivity contribution is 6.31. The van der Waals surface area contributed by atoms with Crippen LogP contribution in [0.15, 0.2) is 64.6 Å². The Morgan fingerprint density at radius 1 is 1.35 bits per heavy atom. The second kappa shape index (κ2) is 11.2. The van der Waals surface area contributed by atoms with Gasteiger partial charge >= 0.3 is 0 Å². The minimum absolute atomic E-state index is 0.0729. The van der Waals surface area contributed by atoms with Crippen molar-refractivity contribution in [2.75, 3.05) is 0 Å². The first kappa shape index (κ1) is 27.9. The molecule has 0 spiro atoms. The van der Waals surface area contributed by atoms with E-state index in [2.05, 4.69) is 16.6 Å². The fourth-order valence-corrected chi connectivity index (χ4v) is 3.69. The lowest BCUT2D eigenvalue weighted by Crippen LogP contribution is -2.24. The van der Waals surface area contributed by atoms with E-state index < -0.39 is 35.2 Å². The maximum absolute atomic E-state index is 14.6. The number of hydrogen-bond acceptors (Lipinski definition) is 5. The number of hydrogen-bond donors (Lipinski definition) is 1. The lowest BCUT2D eigenvalue weighted by molar-refractivity contribution is 0.0785. The fourth-order valence-electron chi connectivity index (χ4n) is 3.49. The molecule has 0 aliphatic rings. The zero-order chi connectivity index (χ0) is 27.5. The molecule has 0 saturated carbocycles. The average molecular weight is 535 g/mol. The van der Waals surface area contributed by atoms with E-state index in [1.807, 2.05) is 0 Å². The zero-order valence-corrected chi connectivity index (χ0v) is 21.5. The average Bonchev–Trinajstić information content (AvgIpc) is 3.28. The minimum atomic E-state index is -0.999. The van der Waals surface area contributed by atoms with E-state index in [4.69, 9.17) is 16.3 Å². The van der Waals surface area contributed by atoms with Crippen molar-refractivity contribution in [3.8, 4) is 5.75 Å². The van der Waals surface area contributed by atoms with E-state index >= 15 is 0 Å². The maximum Gasteiger partial charge on any atom is 0.277 e. The van der Waals surface area contributed by atoms with E-state index in [1.165, 1.54) is 19.2 Å². The van der Waals surface area contributed by atoms with Gasteiger partial charge in [-0.15, -0.1) is 0 Å². The standard InChI is InChI=1S/C26H26ClF3N4O3/c1-15(10-31-14-33-7-6-18(12-33)26(4,5)36)24(17(3)28)34-16(2)8-22(23(27)25(34)35)37-13-21-20(30)9-19(29)11-32-21/h6-12,36H,3,13-14H2,1-2,4-5H3/b24-15+,31-10?. The zero-order valence-electron chi connectivity index (χ0n) is 20.7. The molecule has 0 saturated heterocycles. The number of rotatable bonds is 9. The smallest absolute Gasteiger partial charge is 0.277 e. The number of ether oxygens (including phenoxy) is 1. The highest BCUT2D eigenvalue weighted by atomic mass is 35.5. The number of allylic oxidation sites excluding steroid dienone is 3. The second-order valence-corrected chi connectivity index (χ2v) is 9.22. The summed E-state index contributed by atoms with van der Waals surface area (Å²) in [7, 11) is 0. The molecule has 7 nitrogen and oxygen atoms in total. The third kappa shape index (κ3) is 6.58. The first-order chi connectivity index (χ1) is 17.3. The van der Waals surface area contributed by atoms with Gasteiger partial charge in [-0.05, 0) is 39.3 Å². The predicted molar refractivity (Wildman–Crippen MR) is 136 cm³/mol. The summed E-state index contributed by atoms with van der Waals surface area (Å²) in [5.74, 6) is -2.71. The highest BCUT2D eigenvalue weighted by Gasteiger charge is 2.20. The van der Waals surface area contributed by atoms with Gasteiger partial charge in [0.2, 0.25) is 0 Å². The molecule has 0 radical (unpaired) electrons. The van der Waals surface area contributed by atoms with Crippen LogP contribution in [0, 0.1) is 18.6 Å². The molecule has 3 heterocycles. The summed E-state index contributed by atoms with van der Waals surface area (Å²) in [6.07, 6.45) is 5.73. The van der Waals surface area contributed by atoms with Gasteiger partial charge in [-0.3, -0.25) is 19.3 Å². The van der Waals surface area contributed by atoms with E-state index in [0.29, 0.717) is 17.2 Å². The topological polar surface area (TPSA) is 81.6 Å². The molecule has 0 amide bonds. The van der Waals surface area contributed by atoms with Crippen molar-refractivity contribution in [3.63, 3.8) is 0 Å². The third-order valence-corrected chi connectivity index (χ3v) is 5.74. The molecule has 0 fully saturated rings. The number of aromatic nitrogens is 3. The monoisotopic (exact) mass is 534 g/mol. The second-order valence-electron chi connectivity index (χ2n) is 8.84. The highest BCUT2D eigenvalue weighted by Crippen LogP contribution is 2.27.